The Balaban J connectivity index is 1.40. The average molecular weight is 484 g/mol. The third-order valence-electron chi connectivity index (χ3n) is 5.91. The van der Waals surface area contributed by atoms with Crippen LogP contribution < -0.4 is 10.4 Å². The second-order valence-corrected chi connectivity index (χ2v) is 12.6. The second kappa shape index (κ2) is 9.14. The van der Waals surface area contributed by atoms with Gasteiger partial charge < -0.3 is 9.64 Å². The number of benzene rings is 1. The van der Waals surface area contributed by atoms with Crippen LogP contribution >= 0.6 is 11.3 Å². The molecule has 0 atom stereocenters. The zero-order valence-corrected chi connectivity index (χ0v) is 19.6. The predicted molar refractivity (Wildman–Crippen MR) is 123 cm³/mol. The summed E-state index contributed by atoms with van der Waals surface area (Å²) in [5.74, 6) is -0.600. The topological polar surface area (TPSA) is 118 Å². The summed E-state index contributed by atoms with van der Waals surface area (Å²) < 4.78 is 32.1. The Morgan fingerprint density at radius 1 is 1.16 bits per heavy atom. The molecule has 2 fully saturated rings. The van der Waals surface area contributed by atoms with Gasteiger partial charge in [0.05, 0.1) is 24.3 Å². The minimum atomic E-state index is -4.19. The van der Waals surface area contributed by atoms with Gasteiger partial charge in [0, 0.05) is 52.1 Å². The molecule has 3 N–H and O–H groups in total. The van der Waals surface area contributed by atoms with E-state index in [1.165, 1.54) is 23.8 Å². The molecule has 0 radical (unpaired) electrons. The lowest BCUT2D eigenvalue weighted by Gasteiger charge is -2.51. The summed E-state index contributed by atoms with van der Waals surface area (Å²) in [6.45, 7) is 5.84. The standard InChI is InChI=1S/C20H29N5O5S2/c1-32(28,29,17-4-2-16(3-5-17)15-23-10-12-30-13-11-23)25-8-6-24(7-9-25)20-21-14-18(31-20)19(26)22-27/h2-5,14,27H,6-13,15H2,1H3,(H,22,26)(H,28,29). The number of carbonyl (C=O) groups is 1. The van der Waals surface area contributed by atoms with Gasteiger partial charge in [0.15, 0.2) is 5.13 Å². The van der Waals surface area contributed by atoms with Gasteiger partial charge in [0.2, 0.25) is 0 Å². The number of hydroxylamine groups is 1. The fourth-order valence-corrected chi connectivity index (χ4v) is 6.90. The average Bonchev–Trinajstić information content (AvgIpc) is 3.30. The smallest absolute Gasteiger partial charge is 0.286 e. The fraction of sp³-hybridized carbons (Fsp3) is 0.500. The van der Waals surface area contributed by atoms with Crippen LogP contribution in [0.5, 0.6) is 0 Å². The van der Waals surface area contributed by atoms with Crippen molar-refractivity contribution in [3.05, 3.63) is 40.9 Å². The molecule has 4 rings (SSSR count). The van der Waals surface area contributed by atoms with E-state index in [1.54, 1.807) is 21.9 Å². The van der Waals surface area contributed by atoms with Crippen molar-refractivity contribution < 1.29 is 23.5 Å². The maximum atomic E-state index is 13.8. The Morgan fingerprint density at radius 3 is 2.44 bits per heavy atom. The van der Waals surface area contributed by atoms with Crippen molar-refractivity contribution in [1.29, 1.82) is 0 Å². The first-order valence-corrected chi connectivity index (χ1v) is 13.5. The molecule has 2 aliphatic heterocycles. The number of amides is 1. The molecule has 32 heavy (non-hydrogen) atoms. The molecule has 0 bridgehead atoms. The van der Waals surface area contributed by atoms with Gasteiger partial charge >= 0.3 is 0 Å². The van der Waals surface area contributed by atoms with Gasteiger partial charge in [-0.15, -0.1) is 9.53 Å². The van der Waals surface area contributed by atoms with E-state index in [4.69, 9.17) is 9.94 Å². The normalized spacial score (nSPS) is 20.0. The van der Waals surface area contributed by atoms with Gasteiger partial charge in [-0.1, -0.05) is 23.5 Å². The van der Waals surface area contributed by atoms with Crippen molar-refractivity contribution in [2.75, 3.05) is 63.6 Å². The van der Waals surface area contributed by atoms with Crippen molar-refractivity contribution >= 4 is 31.9 Å². The Bertz CT molecular complexity index is 1010. The number of thiazole rings is 1. The molecule has 0 unspecified atom stereocenters. The minimum Gasteiger partial charge on any atom is -0.379 e. The first-order chi connectivity index (χ1) is 15.2. The van der Waals surface area contributed by atoms with E-state index < -0.39 is 15.4 Å². The lowest BCUT2D eigenvalue weighted by Crippen LogP contribution is -2.57. The molecule has 10 nitrogen and oxygen atoms in total. The van der Waals surface area contributed by atoms with Crippen molar-refractivity contribution in [3.8, 4) is 0 Å². The fourth-order valence-electron chi connectivity index (χ4n) is 3.96. The third kappa shape index (κ3) is 4.86. The molecule has 1 aromatic heterocycles. The molecule has 2 aliphatic rings. The van der Waals surface area contributed by atoms with Crippen LogP contribution in [0.3, 0.4) is 0 Å². The van der Waals surface area contributed by atoms with Crippen LogP contribution in [0.4, 0.5) is 5.13 Å². The van der Waals surface area contributed by atoms with Gasteiger partial charge in [-0.2, -0.15) is 4.21 Å². The molecule has 2 saturated heterocycles. The highest BCUT2D eigenvalue weighted by Gasteiger charge is 2.35. The molecule has 2 aromatic rings. The van der Waals surface area contributed by atoms with Crippen LogP contribution in [-0.4, -0.2) is 92.8 Å². The summed E-state index contributed by atoms with van der Waals surface area (Å²) >= 11 is 1.17. The molecular formula is C20H29N5O5S2. The number of rotatable bonds is 6. The Labute approximate surface area is 191 Å². The Morgan fingerprint density at radius 2 is 1.81 bits per heavy atom. The minimum absolute atomic E-state index is 0.307. The molecule has 1 aromatic carbocycles. The number of morpholine rings is 1. The maximum absolute atomic E-state index is 13.8. The highest BCUT2D eigenvalue weighted by atomic mass is 32.3. The molecule has 3 heterocycles. The summed E-state index contributed by atoms with van der Waals surface area (Å²) in [7, 11) is -4.19. The second-order valence-electron chi connectivity index (χ2n) is 8.13. The third-order valence-corrected chi connectivity index (χ3v) is 9.91. The first kappa shape index (κ1) is 23.2. The number of anilines is 1. The lowest BCUT2D eigenvalue weighted by atomic mass is 10.2. The summed E-state index contributed by atoms with van der Waals surface area (Å²) in [5.41, 5.74) is 2.71. The molecule has 0 aliphatic carbocycles. The number of hydrogen-bond acceptors (Lipinski definition) is 8. The van der Waals surface area contributed by atoms with E-state index in [2.05, 4.69) is 9.88 Å². The number of aromatic nitrogens is 1. The summed E-state index contributed by atoms with van der Waals surface area (Å²) in [4.78, 5) is 20.8. The number of nitrogens with one attached hydrogen (secondary N) is 1. The van der Waals surface area contributed by atoms with Crippen LogP contribution in [0.25, 0.3) is 0 Å². The van der Waals surface area contributed by atoms with E-state index >= 15 is 0 Å². The quantitative estimate of drug-likeness (QED) is 0.413. The Kier molecular flexibility index (Phi) is 6.63. The van der Waals surface area contributed by atoms with E-state index in [-0.39, 0.29) is 0 Å². The van der Waals surface area contributed by atoms with Crippen LogP contribution in [0.15, 0.2) is 35.4 Å². The van der Waals surface area contributed by atoms with E-state index in [1.807, 2.05) is 17.0 Å². The van der Waals surface area contributed by atoms with Crippen molar-refractivity contribution in [1.82, 2.24) is 19.7 Å². The number of piperazine rings is 1. The van der Waals surface area contributed by atoms with E-state index in [9.17, 15) is 13.6 Å². The van der Waals surface area contributed by atoms with Crippen molar-refractivity contribution in [2.45, 2.75) is 11.4 Å². The number of hydrogen-bond donors (Lipinski definition) is 3. The molecular weight excluding hydrogens is 454 g/mol. The Hall–Kier alpha value is -1.93. The zero-order chi connectivity index (χ0) is 22.8. The summed E-state index contributed by atoms with van der Waals surface area (Å²) in [5, 5.41) is 9.41. The summed E-state index contributed by atoms with van der Waals surface area (Å²) in [6, 6.07) is 7.38. The SMILES string of the molecule is CS(=O)(O)(c1ccc(CN2CCOCC2)cc1)N1CCN(c2ncc(C(=O)NO)s2)CC1. The van der Waals surface area contributed by atoms with E-state index in [0.29, 0.717) is 41.1 Å². The van der Waals surface area contributed by atoms with Gasteiger partial charge in [0.25, 0.3) is 5.91 Å². The van der Waals surface area contributed by atoms with Crippen molar-refractivity contribution in [3.63, 3.8) is 0 Å². The van der Waals surface area contributed by atoms with Crippen LogP contribution in [0.1, 0.15) is 15.2 Å². The highest BCUT2D eigenvalue weighted by molar-refractivity contribution is 8.12. The summed E-state index contributed by atoms with van der Waals surface area (Å²) in [6.07, 6.45) is 2.82. The molecule has 0 spiro atoms. The van der Waals surface area contributed by atoms with Gasteiger partial charge in [-0.05, 0) is 17.7 Å². The van der Waals surface area contributed by atoms with Gasteiger partial charge in [0.1, 0.15) is 4.88 Å². The first-order valence-electron chi connectivity index (χ1n) is 10.4. The highest BCUT2D eigenvalue weighted by Crippen LogP contribution is 2.35. The zero-order valence-electron chi connectivity index (χ0n) is 18.0. The van der Waals surface area contributed by atoms with Crippen LogP contribution in [0, 0.1) is 0 Å². The van der Waals surface area contributed by atoms with Crippen LogP contribution in [0.2, 0.25) is 0 Å². The molecule has 176 valence electrons. The van der Waals surface area contributed by atoms with Crippen molar-refractivity contribution in [2.24, 2.45) is 0 Å². The monoisotopic (exact) mass is 483 g/mol. The maximum Gasteiger partial charge on any atom is 0.286 e. The predicted octanol–water partition coefficient (Wildman–Crippen LogP) is 1.11. The number of nitrogens with zero attached hydrogens (tertiary/aromatic N) is 4. The van der Waals surface area contributed by atoms with Crippen LogP contribution in [-0.2, 0) is 20.8 Å². The largest absolute Gasteiger partial charge is 0.379 e. The number of ether oxygens (including phenoxy) is 1. The molecule has 12 heteroatoms. The van der Waals surface area contributed by atoms with Gasteiger partial charge in [-0.25, -0.2) is 14.8 Å². The molecule has 0 saturated carbocycles. The van der Waals surface area contributed by atoms with Gasteiger partial charge in [-0.3, -0.25) is 19.5 Å². The number of carbonyl (C=O) groups excluding carboxylic acids is 1. The lowest BCUT2D eigenvalue weighted by molar-refractivity contribution is 0.0342. The molecule has 1 amide bonds. The van der Waals surface area contributed by atoms with E-state index in [0.717, 1.165) is 38.4 Å².